The maximum Gasteiger partial charge on any atom is 0.410 e. The lowest BCUT2D eigenvalue weighted by molar-refractivity contribution is -0.116. The maximum atomic E-state index is 12.5. The molecule has 1 saturated carbocycles. The van der Waals surface area contributed by atoms with Crippen molar-refractivity contribution in [2.45, 2.75) is 52.1 Å². The van der Waals surface area contributed by atoms with Crippen LogP contribution in [0.15, 0.2) is 24.5 Å². The van der Waals surface area contributed by atoms with E-state index in [1.807, 2.05) is 32.9 Å². The van der Waals surface area contributed by atoms with Crippen LogP contribution in [0.25, 0.3) is 5.52 Å². The van der Waals surface area contributed by atoms with Gasteiger partial charge < -0.3 is 15.0 Å². The molecule has 3 heterocycles. The van der Waals surface area contributed by atoms with E-state index >= 15 is 0 Å². The van der Waals surface area contributed by atoms with Crippen molar-refractivity contribution in [3.8, 4) is 0 Å². The summed E-state index contributed by atoms with van der Waals surface area (Å²) < 4.78 is 6.96. The fraction of sp³-hybridized carbons (Fsp3) is 0.600. The number of carbonyl (C=O) groups is 2. The summed E-state index contributed by atoms with van der Waals surface area (Å²) in [6.45, 7) is 7.04. The number of aromatic nitrogens is 3. The summed E-state index contributed by atoms with van der Waals surface area (Å²) in [5.74, 6) is 0.392. The Labute approximate surface area is 164 Å². The number of fused-ring (bicyclic) bond motifs is 1. The molecule has 28 heavy (non-hydrogen) atoms. The Morgan fingerprint density at radius 2 is 2.04 bits per heavy atom. The van der Waals surface area contributed by atoms with Crippen molar-refractivity contribution >= 4 is 23.2 Å². The van der Waals surface area contributed by atoms with Gasteiger partial charge in [-0.1, -0.05) is 0 Å². The van der Waals surface area contributed by atoms with E-state index in [-0.39, 0.29) is 17.4 Å². The van der Waals surface area contributed by atoms with Crippen LogP contribution in [-0.2, 0) is 9.53 Å². The molecule has 8 heteroatoms. The molecule has 0 bridgehead atoms. The largest absolute Gasteiger partial charge is 0.444 e. The highest BCUT2D eigenvalue weighted by molar-refractivity contribution is 5.95. The topological polar surface area (TPSA) is 88.8 Å². The second-order valence-corrected chi connectivity index (χ2v) is 8.94. The molecule has 1 unspecified atom stereocenters. The van der Waals surface area contributed by atoms with Gasteiger partial charge in [0.15, 0.2) is 0 Å². The van der Waals surface area contributed by atoms with Gasteiger partial charge in [-0.05, 0) is 63.5 Å². The number of nitrogens with one attached hydrogen (secondary N) is 1. The molecule has 2 amide bonds. The monoisotopic (exact) mass is 385 g/mol. The quantitative estimate of drug-likeness (QED) is 0.877. The lowest BCUT2D eigenvalue weighted by Gasteiger charge is -2.34. The van der Waals surface area contributed by atoms with Gasteiger partial charge in [0.05, 0.1) is 11.9 Å². The minimum atomic E-state index is -0.472. The van der Waals surface area contributed by atoms with Crippen LogP contribution in [0.3, 0.4) is 0 Å². The van der Waals surface area contributed by atoms with Crippen LogP contribution in [0.4, 0.5) is 10.5 Å². The van der Waals surface area contributed by atoms with E-state index in [1.165, 1.54) is 4.63 Å². The average molecular weight is 385 g/mol. The molecule has 1 spiro atoms. The number of rotatable bonds is 3. The predicted octanol–water partition coefficient (Wildman–Crippen LogP) is 3.10. The van der Waals surface area contributed by atoms with E-state index in [4.69, 9.17) is 4.74 Å². The van der Waals surface area contributed by atoms with Crippen molar-refractivity contribution in [3.63, 3.8) is 0 Å². The van der Waals surface area contributed by atoms with Gasteiger partial charge in [-0.15, -0.1) is 4.63 Å². The number of likely N-dealkylation sites (tertiary alicyclic amines) is 1. The van der Waals surface area contributed by atoms with Crippen molar-refractivity contribution < 1.29 is 14.3 Å². The highest BCUT2D eigenvalue weighted by Gasteiger charge is 2.55. The smallest absolute Gasteiger partial charge is 0.410 e. The second kappa shape index (κ2) is 6.76. The Balaban J connectivity index is 1.28. The van der Waals surface area contributed by atoms with Gasteiger partial charge in [-0.25, -0.2) is 4.79 Å². The zero-order valence-corrected chi connectivity index (χ0v) is 16.6. The van der Waals surface area contributed by atoms with E-state index in [2.05, 4.69) is 15.5 Å². The van der Waals surface area contributed by atoms with E-state index in [1.54, 1.807) is 17.3 Å². The highest BCUT2D eigenvalue weighted by atomic mass is 16.6. The molecule has 2 aliphatic rings. The normalized spacial score (nSPS) is 21.0. The van der Waals surface area contributed by atoms with Crippen molar-refractivity contribution in [2.24, 2.45) is 11.3 Å². The number of nitrogens with zero attached hydrogens (tertiary/aromatic N) is 4. The Kier molecular flexibility index (Phi) is 4.51. The molecule has 0 radical (unpaired) electrons. The molecule has 2 aromatic rings. The summed E-state index contributed by atoms with van der Waals surface area (Å²) in [6, 6.07) is 3.70. The zero-order chi connectivity index (χ0) is 19.9. The Morgan fingerprint density at radius 3 is 2.75 bits per heavy atom. The molecule has 4 rings (SSSR count). The van der Waals surface area contributed by atoms with Gasteiger partial charge in [0.25, 0.3) is 0 Å². The summed E-state index contributed by atoms with van der Waals surface area (Å²) in [5, 5.41) is 11.2. The number of amides is 2. The van der Waals surface area contributed by atoms with Gasteiger partial charge in [0.2, 0.25) is 5.91 Å². The molecule has 0 aromatic carbocycles. The predicted molar refractivity (Wildman–Crippen MR) is 104 cm³/mol. The van der Waals surface area contributed by atoms with Gasteiger partial charge in [-0.3, -0.25) is 4.79 Å². The third-order valence-corrected chi connectivity index (χ3v) is 5.78. The van der Waals surface area contributed by atoms with Crippen LogP contribution < -0.4 is 5.32 Å². The fourth-order valence-corrected chi connectivity index (χ4v) is 4.15. The number of carbonyl (C=O) groups excluding carboxylic acids is 2. The standard InChI is InChI=1S/C20H27N5O3/c1-19(2,3)28-18(27)24-9-6-20(7-10-24)12-14(20)11-17(26)23-15-13-22-25-16(15)5-4-8-21-25/h4-5,8,13-14H,6-7,9-12H2,1-3H3,(H,23,26). The molecule has 1 N–H and O–H groups in total. The van der Waals surface area contributed by atoms with Crippen molar-refractivity contribution in [3.05, 3.63) is 24.5 Å². The van der Waals surface area contributed by atoms with Crippen LogP contribution >= 0.6 is 0 Å². The van der Waals surface area contributed by atoms with Crippen LogP contribution in [0.2, 0.25) is 0 Å². The second-order valence-electron chi connectivity index (χ2n) is 8.94. The maximum absolute atomic E-state index is 12.5. The Hall–Kier alpha value is -2.64. The van der Waals surface area contributed by atoms with Crippen molar-refractivity contribution in [2.75, 3.05) is 18.4 Å². The molecule has 2 fully saturated rings. The third kappa shape index (κ3) is 3.81. The van der Waals surface area contributed by atoms with Gasteiger partial charge in [0, 0.05) is 25.7 Å². The molecule has 1 aliphatic carbocycles. The lowest BCUT2D eigenvalue weighted by Crippen LogP contribution is -2.42. The number of ether oxygens (including phenoxy) is 1. The first kappa shape index (κ1) is 18.7. The molecule has 8 nitrogen and oxygen atoms in total. The Morgan fingerprint density at radius 1 is 1.29 bits per heavy atom. The number of anilines is 1. The van der Waals surface area contributed by atoms with E-state index in [9.17, 15) is 9.59 Å². The van der Waals surface area contributed by atoms with E-state index in [0.717, 1.165) is 24.8 Å². The zero-order valence-electron chi connectivity index (χ0n) is 16.6. The molecule has 150 valence electrons. The molecule has 2 aromatic heterocycles. The summed E-state index contributed by atoms with van der Waals surface area (Å²) in [5.41, 5.74) is 1.21. The first-order chi connectivity index (χ1) is 13.3. The summed E-state index contributed by atoms with van der Waals surface area (Å²) in [6.07, 6.45) is 6.48. The van der Waals surface area contributed by atoms with Crippen LogP contribution in [-0.4, -0.2) is 50.4 Å². The van der Waals surface area contributed by atoms with E-state index < -0.39 is 5.60 Å². The number of hydrogen-bond acceptors (Lipinski definition) is 5. The van der Waals surface area contributed by atoms with Gasteiger partial charge in [0.1, 0.15) is 11.1 Å². The van der Waals surface area contributed by atoms with Crippen LogP contribution in [0.1, 0.15) is 46.5 Å². The molecular formula is C20H27N5O3. The van der Waals surface area contributed by atoms with Crippen LogP contribution in [0.5, 0.6) is 0 Å². The number of hydrogen-bond donors (Lipinski definition) is 1. The molecular weight excluding hydrogens is 358 g/mol. The summed E-state index contributed by atoms with van der Waals surface area (Å²) >= 11 is 0. The van der Waals surface area contributed by atoms with Gasteiger partial charge >= 0.3 is 6.09 Å². The van der Waals surface area contributed by atoms with Crippen molar-refractivity contribution in [1.29, 1.82) is 0 Å². The Bertz CT molecular complexity index is 893. The highest BCUT2D eigenvalue weighted by Crippen LogP contribution is 2.61. The SMILES string of the molecule is CC(C)(C)OC(=O)N1CCC2(CC1)CC2CC(=O)Nc1cnn2ncccc12. The van der Waals surface area contributed by atoms with Crippen LogP contribution in [0, 0.1) is 11.3 Å². The minimum Gasteiger partial charge on any atom is -0.444 e. The fourth-order valence-electron chi connectivity index (χ4n) is 4.15. The summed E-state index contributed by atoms with van der Waals surface area (Å²) in [7, 11) is 0. The summed E-state index contributed by atoms with van der Waals surface area (Å²) in [4.78, 5) is 26.5. The van der Waals surface area contributed by atoms with E-state index in [0.29, 0.717) is 31.1 Å². The lowest BCUT2D eigenvalue weighted by atomic mass is 9.90. The first-order valence-electron chi connectivity index (χ1n) is 9.83. The first-order valence-corrected chi connectivity index (χ1v) is 9.83. The molecule has 1 aliphatic heterocycles. The van der Waals surface area contributed by atoms with Gasteiger partial charge in [-0.2, -0.15) is 10.2 Å². The third-order valence-electron chi connectivity index (χ3n) is 5.78. The average Bonchev–Trinajstić information content (AvgIpc) is 3.10. The minimum absolute atomic E-state index is 0.00944. The van der Waals surface area contributed by atoms with Crippen molar-refractivity contribution in [1.82, 2.24) is 19.7 Å². The molecule has 1 atom stereocenters. The number of piperidine rings is 1. The molecule has 1 saturated heterocycles.